The van der Waals surface area contributed by atoms with Gasteiger partial charge < -0.3 is 0 Å². The summed E-state index contributed by atoms with van der Waals surface area (Å²) in [6.45, 7) is 51.8. The molecule has 0 N–H and O–H groups in total. The Morgan fingerprint density at radius 1 is 0.310 bits per heavy atom. The zero-order valence-electron chi connectivity index (χ0n) is 65.0. The molecule has 10 aromatic rings. The van der Waals surface area contributed by atoms with Crippen LogP contribution in [0, 0.1) is 11.3 Å². The van der Waals surface area contributed by atoms with Gasteiger partial charge in [0.25, 0.3) is 0 Å². The zero-order chi connectivity index (χ0) is 73.5. The highest BCUT2D eigenvalue weighted by Crippen LogP contribution is 2.53. The Labute approximate surface area is 622 Å². The van der Waals surface area contributed by atoms with Crippen molar-refractivity contribution in [2.75, 3.05) is 0 Å². The molecule has 0 heterocycles. The molecule has 100 heavy (non-hydrogen) atoms. The second kappa shape index (κ2) is 69.6. The van der Waals surface area contributed by atoms with Crippen LogP contribution in [0.15, 0.2) is 313 Å². The van der Waals surface area contributed by atoms with Crippen LogP contribution in [0.1, 0.15) is 255 Å². The minimum atomic E-state index is -3.34. The lowest BCUT2D eigenvalue weighted by Crippen LogP contribution is -2.41. The van der Waals surface area contributed by atoms with Crippen LogP contribution in [0.5, 0.6) is 0 Å². The van der Waals surface area contributed by atoms with E-state index in [4.69, 9.17) is 0 Å². The maximum Gasteiger partial charge on any atom is 0.206 e. The molecule has 1 unspecified atom stereocenters. The molecule has 0 radical (unpaired) electrons. The highest BCUT2D eigenvalue weighted by molar-refractivity contribution is 7.91. The summed E-state index contributed by atoms with van der Waals surface area (Å²) in [4.78, 5) is 0.660. The van der Waals surface area contributed by atoms with Crippen LogP contribution < -0.4 is 0 Å². The molecule has 1 fully saturated rings. The van der Waals surface area contributed by atoms with Crippen LogP contribution in [0.2, 0.25) is 0 Å². The van der Waals surface area contributed by atoms with E-state index in [1.807, 2.05) is 151 Å². The number of hydrogen-bond donors (Lipinski definition) is 0. The number of hydrogen-bond acceptors (Lipinski definition) is 2. The minimum Gasteiger partial charge on any atom is -0.219 e. The van der Waals surface area contributed by atoms with Gasteiger partial charge >= 0.3 is 0 Å². The van der Waals surface area contributed by atoms with Crippen LogP contribution in [-0.2, 0) is 27.1 Å². The van der Waals surface area contributed by atoms with Crippen molar-refractivity contribution in [1.29, 1.82) is 0 Å². The quantitative estimate of drug-likeness (QED) is 0.144. The first-order valence-corrected chi connectivity index (χ1v) is 38.1. The zero-order valence-corrected chi connectivity index (χ0v) is 65.8. The van der Waals surface area contributed by atoms with Crippen molar-refractivity contribution in [1.82, 2.24) is 0 Å². The van der Waals surface area contributed by atoms with E-state index in [0.717, 1.165) is 12.3 Å². The Bertz CT molecular complexity index is 3060. The lowest BCUT2D eigenvalue weighted by molar-refractivity contribution is 0.127. The first kappa shape index (κ1) is 108. The van der Waals surface area contributed by atoms with Crippen molar-refractivity contribution >= 4 is 9.84 Å². The van der Waals surface area contributed by atoms with E-state index in [1.54, 1.807) is 60.7 Å². The van der Waals surface area contributed by atoms with Crippen molar-refractivity contribution in [3.63, 3.8) is 0 Å². The van der Waals surface area contributed by atoms with Crippen molar-refractivity contribution in [3.8, 4) is 11.1 Å². The van der Waals surface area contributed by atoms with Crippen LogP contribution in [0.3, 0.4) is 0 Å². The summed E-state index contributed by atoms with van der Waals surface area (Å²) in [5.74, 6) is 0.758. The van der Waals surface area contributed by atoms with Gasteiger partial charge in [-0.25, -0.2) is 8.42 Å². The topological polar surface area (TPSA) is 34.1 Å². The summed E-state index contributed by atoms with van der Waals surface area (Å²) in [7, 11) is -3.34. The Morgan fingerprint density at radius 2 is 0.520 bits per heavy atom. The van der Waals surface area contributed by atoms with Crippen LogP contribution >= 0.6 is 0 Å². The van der Waals surface area contributed by atoms with Gasteiger partial charge in [0, 0.05) is 10.8 Å². The van der Waals surface area contributed by atoms with Gasteiger partial charge in [-0.1, -0.05) is 482 Å². The maximum atomic E-state index is 12.0. The summed E-state index contributed by atoms with van der Waals surface area (Å²) in [5.41, 5.74) is 11.6. The second-order valence-electron chi connectivity index (χ2n) is 21.0. The van der Waals surface area contributed by atoms with Gasteiger partial charge in [0.1, 0.15) is 0 Å². The lowest BCUT2D eigenvalue weighted by Gasteiger charge is -2.48. The average molecular weight is 1380 g/mol. The molecular formula is C97H150O2S. The third kappa shape index (κ3) is 41.0. The minimum absolute atomic E-state index is 0. The van der Waals surface area contributed by atoms with E-state index in [-0.39, 0.29) is 40.5 Å². The fourth-order valence-electron chi connectivity index (χ4n) is 10.6. The summed E-state index contributed by atoms with van der Waals surface area (Å²) in [6.07, 6.45) is 4.85. The van der Waals surface area contributed by atoms with E-state index >= 15 is 0 Å². The molecule has 0 aliphatic heterocycles. The van der Waals surface area contributed by atoms with E-state index in [9.17, 15) is 8.42 Å². The molecule has 0 saturated heterocycles. The summed E-state index contributed by atoms with van der Waals surface area (Å²) < 4.78 is 24.1. The fraction of sp³-hybridized carbons (Fsp3) is 0.381. The predicted octanol–water partition coefficient (Wildman–Crippen LogP) is 31.8. The molecule has 3 heteroatoms. The molecule has 1 saturated carbocycles. The Kier molecular flexibility index (Phi) is 75.3. The fourth-order valence-corrected chi connectivity index (χ4v) is 11.9. The van der Waals surface area contributed by atoms with Gasteiger partial charge in [0.2, 0.25) is 9.84 Å². The van der Waals surface area contributed by atoms with Crippen LogP contribution in [0.4, 0.5) is 0 Å². The monoisotopic (exact) mass is 1380 g/mol. The molecule has 1 atom stereocenters. The molecule has 10 aromatic carbocycles. The smallest absolute Gasteiger partial charge is 0.206 e. The molecule has 0 spiro atoms. The molecule has 0 bridgehead atoms. The van der Waals surface area contributed by atoms with Gasteiger partial charge in [-0.15, -0.1) is 0 Å². The Morgan fingerprint density at radius 3 is 0.760 bits per heavy atom. The Hall–Kier alpha value is -7.85. The summed E-state index contributed by atoms with van der Waals surface area (Å²) in [6, 6.07) is 102. The molecule has 556 valence electrons. The van der Waals surface area contributed by atoms with E-state index in [2.05, 4.69) is 265 Å². The highest BCUT2D eigenvalue weighted by atomic mass is 32.2. The largest absolute Gasteiger partial charge is 0.219 e. The summed E-state index contributed by atoms with van der Waals surface area (Å²) in [5, 5.41) is 0. The standard InChI is InChI=1S/C21H26.C15H16.C13H12.C12H10O2S.C12H10.10C2H6.4CH4/c1-17-14-20(2,3)16-21(15-17,18-10-6-4-7-11-18)19-12-8-5-9-13-19;1-15(2,13-9-5-3-6-10-13)14-11-7-4-8-12-14;1-3-7-12(8-4-1)11-13-9-5-2-6-10-13;13-15(14,11-7-3-1-4-8-11)12-9-5-2-6-10-12;1-3-7-11(8-4-1)12-9-5-2-6-10-12;10*1-2;;;;/h4-13,17H,14-16H2,1-3H3;3-12H,1-2H3;1-10H,11H2;1-10H;1-10H;10*1-2H3;4*1H4. The van der Waals surface area contributed by atoms with Crippen molar-refractivity contribution < 1.29 is 8.42 Å². The second-order valence-corrected chi connectivity index (χ2v) is 23.0. The molecule has 11 rings (SSSR count). The molecule has 1 aliphatic carbocycles. The van der Waals surface area contributed by atoms with Crippen LogP contribution in [0.25, 0.3) is 11.1 Å². The van der Waals surface area contributed by atoms with E-state index < -0.39 is 9.84 Å². The van der Waals surface area contributed by atoms with Crippen molar-refractivity contribution in [2.24, 2.45) is 11.3 Å². The first-order valence-electron chi connectivity index (χ1n) is 36.6. The number of benzene rings is 10. The van der Waals surface area contributed by atoms with E-state index in [0.29, 0.717) is 15.2 Å². The molecule has 0 amide bonds. The molecule has 0 aromatic heterocycles. The lowest BCUT2D eigenvalue weighted by atomic mass is 9.55. The summed E-state index contributed by atoms with van der Waals surface area (Å²) >= 11 is 0. The molecule has 1 aliphatic rings. The number of sulfone groups is 1. The number of rotatable bonds is 9. The molecular weight excluding hydrogens is 1230 g/mol. The van der Waals surface area contributed by atoms with Gasteiger partial charge in [-0.3, -0.25) is 0 Å². The first-order chi connectivity index (χ1) is 46.9. The van der Waals surface area contributed by atoms with Crippen LogP contribution in [-0.4, -0.2) is 8.42 Å². The molecule has 2 nitrogen and oxygen atoms in total. The van der Waals surface area contributed by atoms with Gasteiger partial charge in [-0.2, -0.15) is 0 Å². The predicted molar refractivity (Wildman–Crippen MR) is 462 cm³/mol. The average Bonchev–Trinajstić information content (AvgIpc) is 0.753. The maximum absolute atomic E-state index is 12.0. The van der Waals surface area contributed by atoms with Gasteiger partial charge in [0.05, 0.1) is 9.79 Å². The van der Waals surface area contributed by atoms with Crippen molar-refractivity contribution in [2.45, 2.75) is 249 Å². The SMILES string of the molecule is C.C.C.C.CC.CC.CC.CC.CC.CC.CC.CC.CC.CC.CC(C)(c1ccccc1)c1ccccc1.CC1CC(C)(C)CC(c2ccccc2)(c2ccccc2)C1.O=S(=O)(c1ccccc1)c1ccccc1.c1ccc(-c2ccccc2)cc1.c1ccc(Cc2ccccc2)cc1. The third-order valence-electron chi connectivity index (χ3n) is 14.1. The third-order valence-corrected chi connectivity index (χ3v) is 15.9. The highest BCUT2D eigenvalue weighted by Gasteiger charge is 2.45. The van der Waals surface area contributed by atoms with Gasteiger partial charge in [-0.05, 0) is 106 Å². The normalized spacial score (nSPS) is 11.4. The Balaban J connectivity index is -0.000000165. The van der Waals surface area contributed by atoms with Gasteiger partial charge in [0.15, 0.2) is 0 Å². The van der Waals surface area contributed by atoms with E-state index in [1.165, 1.54) is 63.8 Å². The van der Waals surface area contributed by atoms with Crippen molar-refractivity contribution in [3.05, 3.63) is 337 Å².